The van der Waals surface area contributed by atoms with Crippen molar-refractivity contribution in [2.45, 2.75) is 42.9 Å². The van der Waals surface area contributed by atoms with Gasteiger partial charge in [0, 0.05) is 12.1 Å². The summed E-state index contributed by atoms with van der Waals surface area (Å²) >= 11 is 0. The fourth-order valence-corrected chi connectivity index (χ4v) is 5.39. The van der Waals surface area contributed by atoms with E-state index in [1.54, 1.807) is 12.1 Å². The molecule has 4 N–H and O–H groups in total. The number of aromatic nitrogens is 1. The number of fused-ring (bicyclic) bond motifs is 1. The van der Waals surface area contributed by atoms with Crippen LogP contribution < -0.4 is 21.3 Å². The summed E-state index contributed by atoms with van der Waals surface area (Å²) in [5, 5.41) is 2.10. The molecule has 0 saturated heterocycles. The van der Waals surface area contributed by atoms with Gasteiger partial charge in [0.25, 0.3) is 27.5 Å². The van der Waals surface area contributed by atoms with Gasteiger partial charge in [-0.15, -0.1) is 0 Å². The van der Waals surface area contributed by atoms with E-state index < -0.39 is 32.4 Å². The van der Waals surface area contributed by atoms with E-state index in [0.717, 1.165) is 60.4 Å². The van der Waals surface area contributed by atoms with E-state index in [1.165, 1.54) is 6.07 Å². The maximum absolute atomic E-state index is 13.0. The first kappa shape index (κ1) is 23.8. The van der Waals surface area contributed by atoms with Gasteiger partial charge in [-0.05, 0) is 42.5 Å². The number of para-hydroxylation sites is 1. The van der Waals surface area contributed by atoms with Crippen LogP contribution in [0.5, 0.6) is 11.5 Å². The number of carbonyl (C=O) groups is 2. The van der Waals surface area contributed by atoms with Crippen molar-refractivity contribution in [1.82, 2.24) is 9.88 Å². The van der Waals surface area contributed by atoms with Crippen molar-refractivity contribution in [1.29, 1.82) is 0 Å². The summed E-state index contributed by atoms with van der Waals surface area (Å²) in [6.07, 6.45) is 5.31. The molecular formula is C25H23N3O7S. The summed E-state index contributed by atoms with van der Waals surface area (Å²) < 4.78 is 40.6. The largest absolute Gasteiger partial charge is 0.455 e. The molecule has 1 aromatic heterocycles. The van der Waals surface area contributed by atoms with Gasteiger partial charge in [0.1, 0.15) is 11.6 Å². The van der Waals surface area contributed by atoms with Gasteiger partial charge in [-0.1, -0.05) is 37.5 Å². The van der Waals surface area contributed by atoms with Gasteiger partial charge in [0.2, 0.25) is 0 Å². The van der Waals surface area contributed by atoms with Crippen molar-refractivity contribution >= 4 is 27.8 Å². The van der Waals surface area contributed by atoms with Crippen LogP contribution in [-0.4, -0.2) is 29.4 Å². The molecule has 11 heteroatoms. The third kappa shape index (κ3) is 4.16. The first-order chi connectivity index (χ1) is 17.1. The minimum absolute atomic E-state index is 0.0401. The third-order valence-corrected chi connectivity index (χ3v) is 7.46. The molecule has 0 atom stereocenters. The zero-order chi connectivity index (χ0) is 25.6. The molecule has 1 aliphatic heterocycles. The van der Waals surface area contributed by atoms with Gasteiger partial charge in [-0.3, -0.25) is 28.8 Å². The zero-order valence-electron chi connectivity index (χ0n) is 19.1. The highest BCUT2D eigenvalue weighted by atomic mass is 32.2. The van der Waals surface area contributed by atoms with Crippen LogP contribution in [0.3, 0.4) is 0 Å². The van der Waals surface area contributed by atoms with Crippen LogP contribution >= 0.6 is 0 Å². The molecule has 2 amide bonds. The van der Waals surface area contributed by atoms with Gasteiger partial charge in [-0.2, -0.15) is 8.42 Å². The molecule has 36 heavy (non-hydrogen) atoms. The van der Waals surface area contributed by atoms with Gasteiger partial charge < -0.3 is 10.5 Å². The molecule has 2 aliphatic rings. The van der Waals surface area contributed by atoms with Gasteiger partial charge >= 0.3 is 0 Å². The van der Waals surface area contributed by atoms with Crippen molar-refractivity contribution in [3.8, 4) is 17.2 Å². The summed E-state index contributed by atoms with van der Waals surface area (Å²) in [5.41, 5.74) is 6.14. The highest BCUT2D eigenvalue weighted by Gasteiger charge is 2.32. The lowest BCUT2D eigenvalue weighted by atomic mass is 9.84. The van der Waals surface area contributed by atoms with Crippen LogP contribution in [0.25, 0.3) is 5.69 Å². The Morgan fingerprint density at radius 3 is 2.39 bits per heavy atom. The average Bonchev–Trinajstić information content (AvgIpc) is 3.13. The summed E-state index contributed by atoms with van der Waals surface area (Å²) in [7, 11) is -4.60. The Labute approximate surface area is 206 Å². The lowest BCUT2D eigenvalue weighted by molar-refractivity contribution is 0.0880. The minimum Gasteiger partial charge on any atom is -0.455 e. The second-order valence-electron chi connectivity index (χ2n) is 8.85. The molecule has 1 saturated carbocycles. The Balaban J connectivity index is 1.69. The number of nitrogens with zero attached hydrogens (tertiary/aromatic N) is 1. The Bertz CT molecular complexity index is 1570. The number of nitrogens with one attached hydrogen (secondary N) is 1. The highest BCUT2D eigenvalue weighted by molar-refractivity contribution is 7.85. The number of hydrogen-bond donors (Lipinski definition) is 3. The standard InChI is InChI=1S/C25H23N3O7S/c26-23-22-17(24(30)27-25(22)31)13-21(29)28(23)18-11-10-15(36(32,33)34)12-20(18)35-19-9-5-4-8-16(19)14-6-2-1-3-7-14/h4-5,8-14H,1-3,6-7,26H2,(H,27,30,31)(H,32,33,34). The fourth-order valence-electron chi connectivity index (χ4n) is 4.89. The Morgan fingerprint density at radius 1 is 0.944 bits per heavy atom. The van der Waals surface area contributed by atoms with Crippen LogP contribution in [0.2, 0.25) is 0 Å². The molecule has 186 valence electrons. The maximum Gasteiger partial charge on any atom is 0.294 e. The molecule has 0 spiro atoms. The Morgan fingerprint density at radius 2 is 1.67 bits per heavy atom. The normalized spacial score (nSPS) is 16.0. The highest BCUT2D eigenvalue weighted by Crippen LogP contribution is 2.40. The quantitative estimate of drug-likeness (QED) is 0.349. The van der Waals surface area contributed by atoms with Crippen molar-refractivity contribution in [2.75, 3.05) is 5.73 Å². The molecule has 1 fully saturated rings. The number of ether oxygens (including phenoxy) is 1. The summed E-state index contributed by atoms with van der Waals surface area (Å²) in [5.74, 6) is -1.13. The van der Waals surface area contributed by atoms with E-state index in [9.17, 15) is 27.4 Å². The van der Waals surface area contributed by atoms with Crippen LogP contribution in [0.15, 0.2) is 58.2 Å². The zero-order valence-corrected chi connectivity index (χ0v) is 19.9. The van der Waals surface area contributed by atoms with E-state index in [-0.39, 0.29) is 34.3 Å². The number of pyridine rings is 1. The van der Waals surface area contributed by atoms with Crippen molar-refractivity contribution in [3.63, 3.8) is 0 Å². The summed E-state index contributed by atoms with van der Waals surface area (Å²) in [4.78, 5) is 36.9. The summed E-state index contributed by atoms with van der Waals surface area (Å²) in [6, 6.07) is 11.8. The van der Waals surface area contributed by atoms with E-state index >= 15 is 0 Å². The van der Waals surface area contributed by atoms with Crippen molar-refractivity contribution in [2.24, 2.45) is 0 Å². The topological polar surface area (TPSA) is 158 Å². The number of nitrogens with two attached hydrogens (primary N) is 1. The van der Waals surface area contributed by atoms with E-state index in [4.69, 9.17) is 10.5 Å². The second kappa shape index (κ2) is 8.92. The molecule has 1 aliphatic carbocycles. The number of rotatable bonds is 5. The first-order valence-electron chi connectivity index (χ1n) is 11.4. The number of anilines is 1. The fraction of sp³-hybridized carbons (Fsp3) is 0.240. The first-order valence-corrected chi connectivity index (χ1v) is 12.9. The second-order valence-corrected chi connectivity index (χ2v) is 10.3. The van der Waals surface area contributed by atoms with Gasteiger partial charge in [-0.25, -0.2) is 0 Å². The van der Waals surface area contributed by atoms with Gasteiger partial charge in [0.15, 0.2) is 5.75 Å². The predicted octanol–water partition coefficient (Wildman–Crippen LogP) is 3.39. The lowest BCUT2D eigenvalue weighted by Crippen LogP contribution is -2.24. The molecule has 0 unspecified atom stereocenters. The van der Waals surface area contributed by atoms with Crippen LogP contribution in [-0.2, 0) is 10.1 Å². The van der Waals surface area contributed by atoms with Crippen LogP contribution in [0, 0.1) is 0 Å². The van der Waals surface area contributed by atoms with E-state index in [0.29, 0.717) is 5.75 Å². The SMILES string of the molecule is Nc1c2c(cc(=O)n1-c1ccc(S(=O)(=O)O)cc1Oc1ccccc1C1CCCCC1)C(=O)NC2=O. The van der Waals surface area contributed by atoms with Crippen molar-refractivity contribution < 1.29 is 27.3 Å². The third-order valence-electron chi connectivity index (χ3n) is 6.61. The van der Waals surface area contributed by atoms with Gasteiger partial charge in [0.05, 0.1) is 21.7 Å². The molecule has 2 aromatic carbocycles. The van der Waals surface area contributed by atoms with E-state index in [1.807, 2.05) is 12.1 Å². The summed E-state index contributed by atoms with van der Waals surface area (Å²) in [6.45, 7) is 0. The number of amides is 2. The number of carbonyl (C=O) groups excluding carboxylic acids is 2. The molecule has 0 radical (unpaired) electrons. The monoisotopic (exact) mass is 509 g/mol. The molecule has 5 rings (SSSR count). The number of benzene rings is 2. The molecular weight excluding hydrogens is 486 g/mol. The number of nitrogen functional groups attached to an aromatic ring is 1. The maximum atomic E-state index is 13.0. The van der Waals surface area contributed by atoms with Crippen molar-refractivity contribution in [3.05, 3.63) is 75.6 Å². The Kier molecular flexibility index (Phi) is 5.89. The number of imide groups is 1. The van der Waals surface area contributed by atoms with E-state index in [2.05, 4.69) is 5.32 Å². The molecule has 2 heterocycles. The Hall–Kier alpha value is -3.96. The molecule has 3 aromatic rings. The smallest absolute Gasteiger partial charge is 0.294 e. The molecule has 10 nitrogen and oxygen atoms in total. The predicted molar refractivity (Wildman–Crippen MR) is 130 cm³/mol. The number of hydrogen-bond acceptors (Lipinski definition) is 7. The minimum atomic E-state index is -4.60. The van der Waals surface area contributed by atoms with Crippen LogP contribution in [0.1, 0.15) is 64.3 Å². The average molecular weight is 510 g/mol. The lowest BCUT2D eigenvalue weighted by Gasteiger charge is -2.25. The van der Waals surface area contributed by atoms with Crippen LogP contribution in [0.4, 0.5) is 5.82 Å². The molecule has 0 bridgehead atoms.